The van der Waals surface area contributed by atoms with Crippen molar-refractivity contribution < 1.29 is 9.47 Å². The molecule has 106 valence electrons. The van der Waals surface area contributed by atoms with Crippen molar-refractivity contribution in [1.82, 2.24) is 0 Å². The maximum absolute atomic E-state index is 6.21. The first-order valence-electron chi connectivity index (χ1n) is 6.13. The highest BCUT2D eigenvalue weighted by Crippen LogP contribution is 2.43. The van der Waals surface area contributed by atoms with Crippen molar-refractivity contribution in [3.05, 3.63) is 44.1 Å². The Kier molecular flexibility index (Phi) is 4.46. The fourth-order valence-electron chi connectivity index (χ4n) is 2.04. The zero-order valence-electron chi connectivity index (χ0n) is 10.4. The number of ether oxygens (including phenoxy) is 2. The molecule has 0 amide bonds. The molecule has 2 heterocycles. The van der Waals surface area contributed by atoms with Gasteiger partial charge >= 0.3 is 0 Å². The van der Waals surface area contributed by atoms with Gasteiger partial charge in [-0.2, -0.15) is 0 Å². The minimum atomic E-state index is -0.0177. The Balaban J connectivity index is 1.94. The molecule has 1 atom stereocenters. The Labute approximate surface area is 139 Å². The first kappa shape index (κ1) is 14.5. The SMILES string of the molecule is Clc1cc(C(Br)c2ccc3c(c2)OCCCO3)c(Cl)s1. The van der Waals surface area contributed by atoms with E-state index in [2.05, 4.69) is 15.9 Å². The van der Waals surface area contributed by atoms with Gasteiger partial charge in [-0.3, -0.25) is 0 Å². The van der Waals surface area contributed by atoms with Gasteiger partial charge in [0, 0.05) is 12.0 Å². The van der Waals surface area contributed by atoms with E-state index in [-0.39, 0.29) is 4.83 Å². The van der Waals surface area contributed by atoms with Crippen molar-refractivity contribution in [2.24, 2.45) is 0 Å². The molecular weight excluding hydrogens is 383 g/mol. The molecule has 1 aromatic carbocycles. The van der Waals surface area contributed by atoms with E-state index >= 15 is 0 Å². The molecule has 20 heavy (non-hydrogen) atoms. The van der Waals surface area contributed by atoms with E-state index < -0.39 is 0 Å². The largest absolute Gasteiger partial charge is 0.490 e. The smallest absolute Gasteiger partial charge is 0.161 e. The van der Waals surface area contributed by atoms with E-state index in [1.165, 1.54) is 11.3 Å². The summed E-state index contributed by atoms with van der Waals surface area (Å²) in [5.41, 5.74) is 2.03. The second-order valence-electron chi connectivity index (χ2n) is 4.40. The predicted octanol–water partition coefficient (Wildman–Crippen LogP) is 5.70. The van der Waals surface area contributed by atoms with Crippen LogP contribution in [0.4, 0.5) is 0 Å². The van der Waals surface area contributed by atoms with Gasteiger partial charge in [-0.25, -0.2) is 0 Å². The number of halogens is 3. The van der Waals surface area contributed by atoms with Gasteiger partial charge in [-0.1, -0.05) is 45.2 Å². The zero-order chi connectivity index (χ0) is 14.1. The summed E-state index contributed by atoms with van der Waals surface area (Å²) < 4.78 is 12.7. The summed E-state index contributed by atoms with van der Waals surface area (Å²) >= 11 is 17.3. The van der Waals surface area contributed by atoms with Gasteiger partial charge in [-0.15, -0.1) is 11.3 Å². The van der Waals surface area contributed by atoms with Crippen LogP contribution in [0.25, 0.3) is 0 Å². The van der Waals surface area contributed by atoms with E-state index in [9.17, 15) is 0 Å². The molecule has 1 aliphatic heterocycles. The molecule has 1 unspecified atom stereocenters. The number of hydrogen-bond acceptors (Lipinski definition) is 3. The van der Waals surface area contributed by atoms with Crippen LogP contribution in [-0.4, -0.2) is 13.2 Å². The van der Waals surface area contributed by atoms with E-state index in [0.717, 1.165) is 29.0 Å². The van der Waals surface area contributed by atoms with Crippen LogP contribution in [0.2, 0.25) is 8.67 Å². The fraction of sp³-hybridized carbons (Fsp3) is 0.286. The third-order valence-electron chi connectivity index (χ3n) is 3.02. The summed E-state index contributed by atoms with van der Waals surface area (Å²) in [6, 6.07) is 7.82. The summed E-state index contributed by atoms with van der Waals surface area (Å²) in [5, 5.41) is 0. The Morgan fingerprint density at radius 1 is 1.10 bits per heavy atom. The van der Waals surface area contributed by atoms with Crippen molar-refractivity contribution in [2.75, 3.05) is 13.2 Å². The Morgan fingerprint density at radius 3 is 2.55 bits per heavy atom. The summed E-state index contributed by atoms with van der Waals surface area (Å²) in [4.78, 5) is -0.0177. The van der Waals surface area contributed by atoms with Crippen LogP contribution in [0, 0.1) is 0 Å². The van der Waals surface area contributed by atoms with Gasteiger partial charge in [0.1, 0.15) is 0 Å². The van der Waals surface area contributed by atoms with Crippen LogP contribution in [0.15, 0.2) is 24.3 Å². The van der Waals surface area contributed by atoms with Gasteiger partial charge in [0.2, 0.25) is 0 Å². The van der Waals surface area contributed by atoms with Crippen LogP contribution in [0.1, 0.15) is 22.4 Å². The summed E-state index contributed by atoms with van der Waals surface area (Å²) in [6.07, 6.45) is 0.897. The Bertz CT molecular complexity index is 630. The highest BCUT2D eigenvalue weighted by molar-refractivity contribution is 9.09. The lowest BCUT2D eigenvalue weighted by molar-refractivity contribution is 0.297. The molecular formula is C14H11BrCl2O2S. The number of benzene rings is 1. The topological polar surface area (TPSA) is 18.5 Å². The summed E-state index contributed by atoms with van der Waals surface area (Å²) in [7, 11) is 0. The van der Waals surface area contributed by atoms with Crippen LogP contribution >= 0.6 is 50.5 Å². The van der Waals surface area contributed by atoms with Gasteiger partial charge < -0.3 is 9.47 Å². The van der Waals surface area contributed by atoms with Gasteiger partial charge in [0.25, 0.3) is 0 Å². The molecule has 0 saturated heterocycles. The quantitative estimate of drug-likeness (QED) is 0.609. The molecule has 6 heteroatoms. The molecule has 0 N–H and O–H groups in total. The van der Waals surface area contributed by atoms with Gasteiger partial charge in [0.05, 0.1) is 26.7 Å². The second kappa shape index (κ2) is 6.14. The molecule has 0 radical (unpaired) electrons. The normalized spacial score (nSPS) is 15.8. The van der Waals surface area contributed by atoms with E-state index in [1.54, 1.807) is 0 Å². The highest BCUT2D eigenvalue weighted by Gasteiger charge is 2.19. The van der Waals surface area contributed by atoms with Crippen LogP contribution in [0.5, 0.6) is 11.5 Å². The lowest BCUT2D eigenvalue weighted by atomic mass is 10.1. The van der Waals surface area contributed by atoms with Crippen LogP contribution in [0.3, 0.4) is 0 Å². The molecule has 1 aliphatic rings. The lowest BCUT2D eigenvalue weighted by Crippen LogP contribution is -1.97. The van der Waals surface area contributed by atoms with E-state index in [1.807, 2.05) is 24.3 Å². The van der Waals surface area contributed by atoms with Crippen LogP contribution < -0.4 is 9.47 Å². The predicted molar refractivity (Wildman–Crippen MR) is 87.2 cm³/mol. The maximum atomic E-state index is 6.21. The average Bonchev–Trinajstić information content (AvgIpc) is 2.65. The third kappa shape index (κ3) is 2.93. The van der Waals surface area contributed by atoms with Gasteiger partial charge in [0.15, 0.2) is 11.5 Å². The van der Waals surface area contributed by atoms with Crippen molar-refractivity contribution in [2.45, 2.75) is 11.2 Å². The first-order chi connectivity index (χ1) is 9.65. The summed E-state index contributed by atoms with van der Waals surface area (Å²) in [5.74, 6) is 1.57. The molecule has 0 fully saturated rings. The first-order valence-corrected chi connectivity index (χ1v) is 8.62. The van der Waals surface area contributed by atoms with Crippen molar-refractivity contribution in [1.29, 1.82) is 0 Å². The Morgan fingerprint density at radius 2 is 1.85 bits per heavy atom. The molecule has 3 rings (SSSR count). The molecule has 1 aromatic heterocycles. The molecule has 0 bridgehead atoms. The monoisotopic (exact) mass is 392 g/mol. The van der Waals surface area contributed by atoms with Crippen LogP contribution in [-0.2, 0) is 0 Å². The molecule has 2 aromatic rings. The van der Waals surface area contributed by atoms with Gasteiger partial charge in [-0.05, 0) is 23.8 Å². The molecule has 0 saturated carbocycles. The standard InChI is InChI=1S/C14H11BrCl2O2S/c15-13(9-7-12(16)20-14(9)17)8-2-3-10-11(6-8)19-5-1-4-18-10/h2-3,6-7,13H,1,4-5H2. The number of alkyl halides is 1. The zero-order valence-corrected chi connectivity index (χ0v) is 14.3. The number of fused-ring (bicyclic) bond motifs is 1. The molecule has 0 aliphatic carbocycles. The minimum absolute atomic E-state index is 0.0177. The highest BCUT2D eigenvalue weighted by atomic mass is 79.9. The number of hydrogen-bond donors (Lipinski definition) is 0. The molecule has 0 spiro atoms. The fourth-order valence-corrected chi connectivity index (χ4v) is 4.50. The third-order valence-corrected chi connectivity index (χ3v) is 5.56. The minimum Gasteiger partial charge on any atom is -0.490 e. The second-order valence-corrected chi connectivity index (χ2v) is 7.60. The van der Waals surface area contributed by atoms with E-state index in [4.69, 9.17) is 32.7 Å². The summed E-state index contributed by atoms with van der Waals surface area (Å²) in [6.45, 7) is 1.37. The number of rotatable bonds is 2. The van der Waals surface area contributed by atoms with Crippen molar-refractivity contribution in [3.8, 4) is 11.5 Å². The average molecular weight is 394 g/mol. The molecule has 2 nitrogen and oxygen atoms in total. The van der Waals surface area contributed by atoms with E-state index in [0.29, 0.717) is 21.9 Å². The number of thiophene rings is 1. The van der Waals surface area contributed by atoms with Crippen molar-refractivity contribution in [3.63, 3.8) is 0 Å². The maximum Gasteiger partial charge on any atom is 0.161 e. The lowest BCUT2D eigenvalue weighted by Gasteiger charge is -2.13. The Hall–Kier alpha value is -0.420. The van der Waals surface area contributed by atoms with Crippen molar-refractivity contribution >= 4 is 50.5 Å².